The minimum atomic E-state index is -0.367. The lowest BCUT2D eigenvalue weighted by atomic mass is 10.1. The van der Waals surface area contributed by atoms with Gasteiger partial charge in [0.25, 0.3) is 5.91 Å². The van der Waals surface area contributed by atoms with E-state index < -0.39 is 0 Å². The summed E-state index contributed by atoms with van der Waals surface area (Å²) in [4.78, 5) is 20.0. The molecule has 0 aliphatic heterocycles. The maximum atomic E-state index is 13.5. The van der Waals surface area contributed by atoms with Crippen molar-refractivity contribution >= 4 is 33.8 Å². The number of rotatable bonds is 3. The Hall–Kier alpha value is -2.99. The summed E-state index contributed by atoms with van der Waals surface area (Å²) in [5, 5.41) is 6.30. The molecule has 6 heteroatoms. The molecule has 0 bridgehead atoms. The van der Waals surface area contributed by atoms with E-state index in [0.717, 1.165) is 16.1 Å². The van der Waals surface area contributed by atoms with Crippen LogP contribution in [0.2, 0.25) is 0 Å². The number of aromatic amines is 1. The first-order chi connectivity index (χ1) is 12.1. The van der Waals surface area contributed by atoms with Crippen LogP contribution in [0.15, 0.2) is 54.0 Å². The minimum absolute atomic E-state index is 0.267. The van der Waals surface area contributed by atoms with E-state index >= 15 is 0 Å². The number of hydrogen-bond donors (Lipinski definition) is 2. The van der Waals surface area contributed by atoms with Crippen LogP contribution in [-0.4, -0.2) is 15.9 Å². The van der Waals surface area contributed by atoms with Crippen molar-refractivity contribution in [2.24, 2.45) is 0 Å². The third-order valence-electron chi connectivity index (χ3n) is 4.00. The summed E-state index contributed by atoms with van der Waals surface area (Å²) in [7, 11) is 0. The zero-order valence-electron chi connectivity index (χ0n) is 13.3. The molecule has 25 heavy (non-hydrogen) atoms. The summed E-state index contributed by atoms with van der Waals surface area (Å²) in [6.45, 7) is 1.80. The number of hydrogen-bond acceptors (Lipinski definition) is 3. The molecule has 4 aromatic rings. The molecule has 0 saturated heterocycles. The summed E-state index contributed by atoms with van der Waals surface area (Å²) in [5.41, 5.74) is 3.58. The minimum Gasteiger partial charge on any atom is -0.358 e. The molecule has 0 aliphatic carbocycles. The molecule has 1 amide bonds. The lowest BCUT2D eigenvalue weighted by Gasteiger charge is -2.06. The van der Waals surface area contributed by atoms with Gasteiger partial charge in [-0.15, -0.1) is 11.3 Å². The lowest BCUT2D eigenvalue weighted by molar-refractivity contribution is 0.102. The molecule has 2 heterocycles. The maximum Gasteiger partial charge on any atom is 0.258 e. The Morgan fingerprint density at radius 3 is 2.72 bits per heavy atom. The van der Waals surface area contributed by atoms with E-state index in [9.17, 15) is 9.18 Å². The highest BCUT2D eigenvalue weighted by Gasteiger charge is 2.17. The maximum absolute atomic E-state index is 13.5. The van der Waals surface area contributed by atoms with Crippen molar-refractivity contribution in [3.05, 3.63) is 71.1 Å². The lowest BCUT2D eigenvalue weighted by Crippen LogP contribution is -2.12. The Bertz CT molecular complexity index is 1050. The molecule has 2 N–H and O–H groups in total. The van der Waals surface area contributed by atoms with Gasteiger partial charge in [-0.3, -0.25) is 4.79 Å². The van der Waals surface area contributed by atoms with Gasteiger partial charge in [0.15, 0.2) is 0 Å². The van der Waals surface area contributed by atoms with E-state index in [4.69, 9.17) is 0 Å². The van der Waals surface area contributed by atoms with Crippen LogP contribution in [0.3, 0.4) is 0 Å². The second-order valence-electron chi connectivity index (χ2n) is 5.68. The first kappa shape index (κ1) is 15.5. The van der Waals surface area contributed by atoms with Crippen LogP contribution in [0.4, 0.5) is 10.1 Å². The molecular formula is C19H14FN3OS. The van der Waals surface area contributed by atoms with Crippen molar-refractivity contribution in [1.82, 2.24) is 9.97 Å². The molecule has 4 nitrogen and oxygen atoms in total. The number of carbonyl (C=O) groups excluding carboxylic acids is 1. The van der Waals surface area contributed by atoms with Gasteiger partial charge in [-0.1, -0.05) is 0 Å². The van der Waals surface area contributed by atoms with E-state index in [1.54, 1.807) is 30.5 Å². The summed E-state index contributed by atoms with van der Waals surface area (Å²) < 4.78 is 13.5. The third-order valence-corrected chi connectivity index (χ3v) is 4.82. The van der Waals surface area contributed by atoms with Crippen molar-refractivity contribution in [1.29, 1.82) is 0 Å². The van der Waals surface area contributed by atoms with Crippen LogP contribution in [0, 0.1) is 12.7 Å². The predicted octanol–water partition coefficient (Wildman–Crippen LogP) is 4.99. The molecular weight excluding hydrogens is 337 g/mol. The zero-order valence-corrected chi connectivity index (χ0v) is 14.2. The average Bonchev–Trinajstić information content (AvgIpc) is 3.22. The number of aryl methyl sites for hydroxylation is 1. The smallest absolute Gasteiger partial charge is 0.258 e. The van der Waals surface area contributed by atoms with Gasteiger partial charge in [-0.05, 0) is 49.4 Å². The predicted molar refractivity (Wildman–Crippen MR) is 98.5 cm³/mol. The fourth-order valence-corrected chi connectivity index (χ4v) is 3.49. The molecule has 0 saturated carbocycles. The molecule has 0 spiro atoms. The van der Waals surface area contributed by atoms with Gasteiger partial charge in [-0.25, -0.2) is 9.37 Å². The molecule has 2 aromatic heterocycles. The van der Waals surface area contributed by atoms with Crippen molar-refractivity contribution < 1.29 is 9.18 Å². The van der Waals surface area contributed by atoms with Crippen molar-refractivity contribution in [3.63, 3.8) is 0 Å². The second-order valence-corrected chi connectivity index (χ2v) is 6.58. The van der Waals surface area contributed by atoms with Crippen molar-refractivity contribution in [2.75, 3.05) is 5.32 Å². The van der Waals surface area contributed by atoms with Gasteiger partial charge in [0, 0.05) is 39.4 Å². The SMILES string of the molecule is Cc1[nH]c2ccc(F)cc2c1C(=O)Nc1ccc(-c2nccs2)cc1. The Morgan fingerprint density at radius 2 is 2.00 bits per heavy atom. The number of nitrogens with one attached hydrogen (secondary N) is 2. The number of nitrogens with zero attached hydrogens (tertiary/aromatic N) is 1. The van der Waals surface area contributed by atoms with Crippen molar-refractivity contribution in [3.8, 4) is 10.6 Å². The van der Waals surface area contributed by atoms with Crippen molar-refractivity contribution in [2.45, 2.75) is 6.92 Å². The van der Waals surface area contributed by atoms with E-state index in [1.165, 1.54) is 12.1 Å². The number of benzene rings is 2. The fourth-order valence-electron chi connectivity index (χ4n) is 2.85. The van der Waals surface area contributed by atoms with Crippen LogP contribution in [0.25, 0.3) is 21.5 Å². The Morgan fingerprint density at radius 1 is 1.20 bits per heavy atom. The van der Waals surface area contributed by atoms with Gasteiger partial charge in [0.1, 0.15) is 10.8 Å². The summed E-state index contributed by atoms with van der Waals surface area (Å²) in [5.74, 6) is -0.635. The topological polar surface area (TPSA) is 57.8 Å². The Balaban J connectivity index is 1.62. The van der Waals surface area contributed by atoms with Crippen LogP contribution < -0.4 is 5.32 Å². The first-order valence-corrected chi connectivity index (χ1v) is 8.59. The van der Waals surface area contributed by atoms with E-state index in [2.05, 4.69) is 15.3 Å². The number of anilines is 1. The molecule has 2 aromatic carbocycles. The number of aromatic nitrogens is 2. The molecule has 4 rings (SSSR count). The van der Waals surface area contributed by atoms with Crippen LogP contribution >= 0.6 is 11.3 Å². The fraction of sp³-hybridized carbons (Fsp3) is 0.0526. The number of carbonyl (C=O) groups is 1. The average molecular weight is 351 g/mol. The number of fused-ring (bicyclic) bond motifs is 1. The van der Waals surface area contributed by atoms with E-state index in [0.29, 0.717) is 22.3 Å². The van der Waals surface area contributed by atoms with Gasteiger partial charge in [0.2, 0.25) is 0 Å². The van der Waals surface area contributed by atoms with E-state index in [-0.39, 0.29) is 11.7 Å². The third kappa shape index (κ3) is 2.92. The summed E-state index contributed by atoms with van der Waals surface area (Å²) in [6, 6.07) is 11.9. The zero-order chi connectivity index (χ0) is 17.4. The monoisotopic (exact) mass is 351 g/mol. The normalized spacial score (nSPS) is 11.0. The Kier molecular flexibility index (Phi) is 3.82. The standard InChI is InChI=1S/C19H14FN3OS/c1-11-17(15-10-13(20)4-7-16(15)22-11)18(24)23-14-5-2-12(3-6-14)19-21-8-9-25-19/h2-10,22H,1H3,(H,23,24). The molecule has 0 fully saturated rings. The van der Waals surface area contributed by atoms with Crippen LogP contribution in [-0.2, 0) is 0 Å². The summed E-state index contributed by atoms with van der Waals surface area (Å²) in [6.07, 6.45) is 1.76. The van der Waals surface area contributed by atoms with Gasteiger partial charge >= 0.3 is 0 Å². The summed E-state index contributed by atoms with van der Waals surface area (Å²) >= 11 is 1.56. The van der Waals surface area contributed by atoms with Gasteiger partial charge < -0.3 is 10.3 Å². The molecule has 0 aliphatic rings. The highest BCUT2D eigenvalue weighted by atomic mass is 32.1. The van der Waals surface area contributed by atoms with Crippen LogP contribution in [0.5, 0.6) is 0 Å². The molecule has 124 valence electrons. The highest BCUT2D eigenvalue weighted by molar-refractivity contribution is 7.13. The number of thiazole rings is 1. The van der Waals surface area contributed by atoms with Crippen LogP contribution in [0.1, 0.15) is 16.1 Å². The van der Waals surface area contributed by atoms with Gasteiger partial charge in [-0.2, -0.15) is 0 Å². The number of halogens is 1. The second kappa shape index (κ2) is 6.14. The molecule has 0 radical (unpaired) electrons. The highest BCUT2D eigenvalue weighted by Crippen LogP contribution is 2.26. The quantitative estimate of drug-likeness (QED) is 0.546. The Labute approximate surface area is 147 Å². The largest absolute Gasteiger partial charge is 0.358 e. The molecule has 0 atom stereocenters. The number of H-pyrrole nitrogens is 1. The number of amides is 1. The first-order valence-electron chi connectivity index (χ1n) is 7.71. The molecule has 0 unspecified atom stereocenters. The van der Waals surface area contributed by atoms with E-state index in [1.807, 2.05) is 29.6 Å². The van der Waals surface area contributed by atoms with Gasteiger partial charge in [0.05, 0.1) is 5.56 Å².